The molecule has 1 aliphatic heterocycles. The lowest BCUT2D eigenvalue weighted by molar-refractivity contribution is 0.569. The van der Waals surface area contributed by atoms with Gasteiger partial charge in [-0.3, -0.25) is 0 Å². The Balaban J connectivity index is 1.73. The number of thioether (sulfide) groups is 1. The van der Waals surface area contributed by atoms with Crippen molar-refractivity contribution in [1.82, 2.24) is 0 Å². The molecule has 1 aliphatic rings. The zero-order valence-electron chi connectivity index (χ0n) is 13.5. The van der Waals surface area contributed by atoms with Gasteiger partial charge in [0.2, 0.25) is 0 Å². The summed E-state index contributed by atoms with van der Waals surface area (Å²) in [7, 11) is 1.98. The van der Waals surface area contributed by atoms with Crippen molar-refractivity contribution < 1.29 is 4.79 Å². The minimum Gasteiger partial charge on any atom is -0.338 e. The molecule has 3 aromatic rings. The number of nitrogens with zero attached hydrogens (tertiary/aromatic N) is 1. The Morgan fingerprint density at radius 1 is 1.08 bits per heavy atom. The van der Waals surface area contributed by atoms with E-state index in [2.05, 4.69) is 12.0 Å². The van der Waals surface area contributed by atoms with Gasteiger partial charge in [-0.05, 0) is 46.7 Å². The molecular weight excluding hydrogens is 350 g/mol. The lowest BCUT2D eigenvalue weighted by Crippen LogP contribution is -2.09. The maximum atomic E-state index is 11.6. The van der Waals surface area contributed by atoms with Crippen LogP contribution in [0, 0.1) is 0 Å². The van der Waals surface area contributed by atoms with Crippen LogP contribution in [0.25, 0.3) is 16.3 Å². The molecule has 3 aromatic carbocycles. The smallest absolute Gasteiger partial charge is 0.133 e. The SMILES string of the molecule is CN1C(=CC(=C=O)c2ccc3ccccc3c2)Sc2ccc(Cl)cc21. The van der Waals surface area contributed by atoms with E-state index in [0.29, 0.717) is 10.6 Å². The molecule has 0 spiro atoms. The summed E-state index contributed by atoms with van der Waals surface area (Å²) >= 11 is 7.72. The monoisotopic (exact) mass is 363 g/mol. The minimum absolute atomic E-state index is 0.541. The lowest BCUT2D eigenvalue weighted by Gasteiger charge is -2.14. The number of rotatable bonds is 2. The van der Waals surface area contributed by atoms with Crippen LogP contribution in [0.4, 0.5) is 5.69 Å². The summed E-state index contributed by atoms with van der Waals surface area (Å²) in [6.45, 7) is 0. The van der Waals surface area contributed by atoms with Crippen LogP contribution in [-0.4, -0.2) is 13.0 Å². The Bertz CT molecular complexity index is 1070. The van der Waals surface area contributed by atoms with Gasteiger partial charge in [-0.2, -0.15) is 0 Å². The fourth-order valence-corrected chi connectivity index (χ4v) is 4.16. The molecule has 0 atom stereocenters. The summed E-state index contributed by atoms with van der Waals surface area (Å²) in [5.74, 6) is 2.09. The van der Waals surface area contributed by atoms with E-state index in [1.165, 1.54) is 0 Å². The second kappa shape index (κ2) is 6.45. The molecule has 0 unspecified atom stereocenters. The van der Waals surface area contributed by atoms with Crippen LogP contribution >= 0.6 is 23.4 Å². The Morgan fingerprint density at radius 2 is 1.88 bits per heavy atom. The normalized spacial score (nSPS) is 14.6. The highest BCUT2D eigenvalue weighted by molar-refractivity contribution is 8.03. The Morgan fingerprint density at radius 3 is 2.68 bits per heavy atom. The van der Waals surface area contributed by atoms with Gasteiger partial charge in [0.05, 0.1) is 16.3 Å². The number of carbonyl (C=O) groups excluding carboxylic acids is 1. The molecule has 0 fully saturated rings. The molecule has 1 heterocycles. The van der Waals surface area contributed by atoms with Gasteiger partial charge >= 0.3 is 0 Å². The summed E-state index contributed by atoms with van der Waals surface area (Å²) in [4.78, 5) is 14.8. The average Bonchev–Trinajstić information content (AvgIpc) is 2.94. The van der Waals surface area contributed by atoms with E-state index in [4.69, 9.17) is 11.6 Å². The molecular formula is C21H14ClNOS. The maximum Gasteiger partial charge on any atom is 0.133 e. The van der Waals surface area contributed by atoms with Crippen LogP contribution < -0.4 is 4.90 Å². The summed E-state index contributed by atoms with van der Waals surface area (Å²) in [5, 5.41) is 3.93. The molecule has 0 amide bonds. The first kappa shape index (κ1) is 16.0. The van der Waals surface area contributed by atoms with Crippen molar-refractivity contribution in [2.75, 3.05) is 11.9 Å². The van der Waals surface area contributed by atoms with Crippen molar-refractivity contribution in [3.05, 3.63) is 82.4 Å². The zero-order chi connectivity index (χ0) is 17.4. The zero-order valence-corrected chi connectivity index (χ0v) is 15.1. The third kappa shape index (κ3) is 2.98. The standard InChI is InChI=1S/C21H14ClNOS/c1-23-19-12-18(22)8-9-20(19)25-21(23)11-17(13-24)16-7-6-14-4-2-3-5-15(14)10-16/h2-12H,1H3. The molecule has 0 radical (unpaired) electrons. The third-order valence-corrected chi connectivity index (χ3v) is 5.67. The largest absolute Gasteiger partial charge is 0.338 e. The Hall–Kier alpha value is -2.45. The highest BCUT2D eigenvalue weighted by Gasteiger charge is 2.22. The second-order valence-corrected chi connectivity index (χ2v) is 7.33. The number of benzene rings is 3. The highest BCUT2D eigenvalue weighted by Crippen LogP contribution is 2.46. The molecule has 0 aromatic heterocycles. The predicted octanol–water partition coefficient (Wildman–Crippen LogP) is 5.79. The van der Waals surface area contributed by atoms with Crippen molar-refractivity contribution in [3.63, 3.8) is 0 Å². The van der Waals surface area contributed by atoms with Gasteiger partial charge in [-0.25, -0.2) is 4.79 Å². The van der Waals surface area contributed by atoms with Gasteiger partial charge < -0.3 is 4.90 Å². The van der Waals surface area contributed by atoms with Crippen LogP contribution in [0.1, 0.15) is 5.56 Å². The van der Waals surface area contributed by atoms with E-state index in [1.807, 2.05) is 72.6 Å². The highest BCUT2D eigenvalue weighted by atomic mass is 35.5. The molecule has 0 bridgehead atoms. The molecule has 2 nitrogen and oxygen atoms in total. The lowest BCUT2D eigenvalue weighted by atomic mass is 10.0. The molecule has 0 saturated carbocycles. The van der Waals surface area contributed by atoms with Gasteiger partial charge in [-0.1, -0.05) is 59.8 Å². The number of halogens is 1. The fraction of sp³-hybridized carbons (Fsp3) is 0.0476. The van der Waals surface area contributed by atoms with Gasteiger partial charge in [0, 0.05) is 17.0 Å². The first-order chi connectivity index (χ1) is 12.2. The first-order valence-corrected chi connectivity index (χ1v) is 9.02. The van der Waals surface area contributed by atoms with Gasteiger partial charge in [0.25, 0.3) is 0 Å². The summed E-state index contributed by atoms with van der Waals surface area (Å²) in [5.41, 5.74) is 2.45. The van der Waals surface area contributed by atoms with E-state index in [-0.39, 0.29) is 0 Å². The predicted molar refractivity (Wildman–Crippen MR) is 107 cm³/mol. The van der Waals surface area contributed by atoms with Gasteiger partial charge in [0.1, 0.15) is 5.94 Å². The Kier molecular flexibility index (Phi) is 4.14. The second-order valence-electron chi connectivity index (χ2n) is 5.83. The molecule has 4 rings (SSSR count). The van der Waals surface area contributed by atoms with E-state index in [9.17, 15) is 4.79 Å². The van der Waals surface area contributed by atoms with E-state index >= 15 is 0 Å². The molecule has 0 aliphatic carbocycles. The first-order valence-electron chi connectivity index (χ1n) is 7.83. The van der Waals surface area contributed by atoms with E-state index in [1.54, 1.807) is 11.8 Å². The average molecular weight is 364 g/mol. The van der Waals surface area contributed by atoms with Crippen molar-refractivity contribution >= 4 is 51.3 Å². The maximum absolute atomic E-state index is 11.6. The van der Waals surface area contributed by atoms with Crippen molar-refractivity contribution in [3.8, 4) is 0 Å². The van der Waals surface area contributed by atoms with Crippen LogP contribution in [0.5, 0.6) is 0 Å². The Labute approximate surface area is 155 Å². The van der Waals surface area contributed by atoms with Crippen LogP contribution in [0.2, 0.25) is 5.02 Å². The summed E-state index contributed by atoms with van der Waals surface area (Å²) in [6, 6.07) is 19.9. The molecule has 4 heteroatoms. The fourth-order valence-electron chi connectivity index (χ4n) is 2.92. The van der Waals surface area contributed by atoms with Crippen molar-refractivity contribution in [2.24, 2.45) is 0 Å². The molecule has 122 valence electrons. The van der Waals surface area contributed by atoms with Crippen LogP contribution in [-0.2, 0) is 4.79 Å². The van der Waals surface area contributed by atoms with E-state index in [0.717, 1.165) is 31.9 Å². The number of hydrogen-bond donors (Lipinski definition) is 0. The molecule has 25 heavy (non-hydrogen) atoms. The number of fused-ring (bicyclic) bond motifs is 2. The van der Waals surface area contributed by atoms with Crippen molar-refractivity contribution in [1.29, 1.82) is 0 Å². The third-order valence-electron chi connectivity index (χ3n) is 4.27. The summed E-state index contributed by atoms with van der Waals surface area (Å²) < 4.78 is 0. The van der Waals surface area contributed by atoms with Crippen molar-refractivity contribution in [2.45, 2.75) is 4.90 Å². The number of allylic oxidation sites excluding steroid dienone is 2. The molecule has 0 N–H and O–H groups in total. The van der Waals surface area contributed by atoms with E-state index < -0.39 is 0 Å². The topological polar surface area (TPSA) is 20.3 Å². The number of hydrogen-bond acceptors (Lipinski definition) is 3. The number of anilines is 1. The summed E-state index contributed by atoms with van der Waals surface area (Å²) in [6.07, 6.45) is 1.88. The quantitative estimate of drug-likeness (QED) is 0.537. The van der Waals surface area contributed by atoms with Crippen LogP contribution in [0.15, 0.2) is 76.7 Å². The van der Waals surface area contributed by atoms with Crippen LogP contribution in [0.3, 0.4) is 0 Å². The molecule has 0 saturated heterocycles. The minimum atomic E-state index is 0.541. The van der Waals surface area contributed by atoms with Gasteiger partial charge in [0.15, 0.2) is 0 Å². The van der Waals surface area contributed by atoms with Gasteiger partial charge in [-0.15, -0.1) is 0 Å².